The van der Waals surface area contributed by atoms with Gasteiger partial charge in [-0.15, -0.1) is 0 Å². The smallest absolute Gasteiger partial charge is 0.166 e. The summed E-state index contributed by atoms with van der Waals surface area (Å²) in [5.41, 5.74) is 5.61. The van der Waals surface area contributed by atoms with Crippen LogP contribution < -0.4 is 4.90 Å². The lowest BCUT2D eigenvalue weighted by Crippen LogP contribution is -2.42. The molecule has 1 heterocycles. The second-order valence-electron chi connectivity index (χ2n) is 11.1. The van der Waals surface area contributed by atoms with Gasteiger partial charge in [0.1, 0.15) is 5.76 Å². The maximum Gasteiger partial charge on any atom is 0.166 e. The number of aryl methyl sites for hydroxylation is 1. The van der Waals surface area contributed by atoms with Gasteiger partial charge in [-0.2, -0.15) is 5.10 Å². The van der Waals surface area contributed by atoms with Crippen molar-refractivity contribution in [2.45, 2.75) is 84.2 Å². The lowest BCUT2D eigenvalue weighted by Gasteiger charge is -2.40. The van der Waals surface area contributed by atoms with Gasteiger partial charge in [-0.1, -0.05) is 12.5 Å². The summed E-state index contributed by atoms with van der Waals surface area (Å²) in [6.07, 6.45) is 10.3. The molecule has 1 aromatic heterocycles. The third kappa shape index (κ3) is 5.44. The van der Waals surface area contributed by atoms with Crippen molar-refractivity contribution in [1.29, 1.82) is 0 Å². The van der Waals surface area contributed by atoms with Gasteiger partial charge in [0.2, 0.25) is 0 Å². The Kier molecular flexibility index (Phi) is 8.76. The number of allylic oxidation sites excluding steroid dienone is 3. The molecule has 0 unspecified atom stereocenters. The number of carbonyl (C=O) groups is 2. The van der Waals surface area contributed by atoms with Gasteiger partial charge >= 0.3 is 0 Å². The summed E-state index contributed by atoms with van der Waals surface area (Å²) in [7, 11) is 7.88. The van der Waals surface area contributed by atoms with Crippen LogP contribution in [-0.2, 0) is 23.0 Å². The molecule has 1 saturated carbocycles. The fourth-order valence-corrected chi connectivity index (χ4v) is 6.41. The fourth-order valence-electron chi connectivity index (χ4n) is 6.41. The molecule has 2 aliphatic carbocycles. The molecule has 2 aromatic rings. The van der Waals surface area contributed by atoms with Gasteiger partial charge in [-0.05, 0) is 84.2 Å². The predicted octanol–water partition coefficient (Wildman–Crippen LogP) is 5.62. The van der Waals surface area contributed by atoms with Crippen LogP contribution in [0.5, 0.6) is 0 Å². The van der Waals surface area contributed by atoms with E-state index >= 15 is 0 Å². The van der Waals surface area contributed by atoms with Crippen molar-refractivity contribution in [2.75, 3.05) is 32.6 Å². The van der Waals surface area contributed by atoms with Crippen LogP contribution in [0.25, 0.3) is 10.9 Å². The van der Waals surface area contributed by atoms with Crippen molar-refractivity contribution < 1.29 is 14.3 Å². The van der Waals surface area contributed by atoms with Crippen molar-refractivity contribution in [3.63, 3.8) is 0 Å². The second kappa shape index (κ2) is 11.9. The van der Waals surface area contributed by atoms with Crippen molar-refractivity contribution >= 4 is 28.2 Å². The Morgan fingerprint density at radius 2 is 1.84 bits per heavy atom. The van der Waals surface area contributed by atoms with Crippen LogP contribution in [0.15, 0.2) is 35.2 Å². The number of carbonyl (C=O) groups excluding carboxylic acids is 2. The highest BCUT2D eigenvalue weighted by Gasteiger charge is 2.30. The first-order chi connectivity index (χ1) is 18.2. The number of fused-ring (bicyclic) bond motifs is 1. The van der Waals surface area contributed by atoms with Gasteiger partial charge in [-0.25, -0.2) is 0 Å². The van der Waals surface area contributed by atoms with Crippen LogP contribution in [-0.4, -0.2) is 66.1 Å². The molecule has 0 amide bonds. The topological polar surface area (TPSA) is 67.7 Å². The Hall–Kier alpha value is -2.93. The third-order valence-corrected chi connectivity index (χ3v) is 8.52. The summed E-state index contributed by atoms with van der Waals surface area (Å²) in [5, 5.41) is 5.70. The molecule has 0 N–H and O–H groups in total. The van der Waals surface area contributed by atoms with E-state index in [4.69, 9.17) is 4.74 Å². The van der Waals surface area contributed by atoms with E-state index in [1.54, 1.807) is 7.11 Å². The molecule has 0 bridgehead atoms. The number of rotatable bonds is 10. The number of hydrogen-bond donors (Lipinski definition) is 0. The maximum atomic E-state index is 13.8. The molecular weight excluding hydrogens is 476 g/mol. The Labute approximate surface area is 227 Å². The summed E-state index contributed by atoms with van der Waals surface area (Å²) in [6.45, 7) is 7.18. The summed E-state index contributed by atoms with van der Waals surface area (Å²) in [4.78, 5) is 31.5. The number of Topliss-reactive ketones (excluding diaryl/α,β-unsaturated/α-hetero) is 2. The molecule has 7 nitrogen and oxygen atoms in total. The van der Waals surface area contributed by atoms with Crippen LogP contribution in [0.1, 0.15) is 81.6 Å². The van der Waals surface area contributed by atoms with E-state index in [-0.39, 0.29) is 18.0 Å². The number of aromatic nitrogens is 2. The summed E-state index contributed by atoms with van der Waals surface area (Å²) in [5.74, 6) is 0.717. The highest BCUT2D eigenvalue weighted by molar-refractivity contribution is 6.07. The van der Waals surface area contributed by atoms with Crippen molar-refractivity contribution in [2.24, 2.45) is 7.05 Å². The molecule has 38 heavy (non-hydrogen) atoms. The van der Waals surface area contributed by atoms with E-state index in [0.29, 0.717) is 36.3 Å². The van der Waals surface area contributed by atoms with Crippen LogP contribution in [0, 0.1) is 0 Å². The number of ether oxygens (including phenoxy) is 1. The Morgan fingerprint density at radius 3 is 2.45 bits per heavy atom. The third-order valence-electron chi connectivity index (χ3n) is 8.52. The van der Waals surface area contributed by atoms with Crippen LogP contribution >= 0.6 is 0 Å². The highest BCUT2D eigenvalue weighted by Crippen LogP contribution is 2.39. The summed E-state index contributed by atoms with van der Waals surface area (Å²) in [6, 6.07) is 3.09. The molecule has 0 saturated heterocycles. The summed E-state index contributed by atoms with van der Waals surface area (Å²) < 4.78 is 7.37. The number of nitrogens with zero attached hydrogens (tertiary/aromatic N) is 4. The minimum Gasteiger partial charge on any atom is -0.496 e. The lowest BCUT2D eigenvalue weighted by atomic mass is 9.87. The summed E-state index contributed by atoms with van der Waals surface area (Å²) >= 11 is 0. The Morgan fingerprint density at radius 1 is 1.16 bits per heavy atom. The molecule has 2 aliphatic rings. The molecule has 206 valence electrons. The largest absolute Gasteiger partial charge is 0.496 e. The first-order valence-corrected chi connectivity index (χ1v) is 14.1. The molecule has 1 fully saturated rings. The molecule has 0 radical (unpaired) electrons. The first-order valence-electron chi connectivity index (χ1n) is 14.1. The van der Waals surface area contributed by atoms with E-state index < -0.39 is 0 Å². The van der Waals surface area contributed by atoms with E-state index in [9.17, 15) is 9.59 Å². The first kappa shape index (κ1) is 28.1. The van der Waals surface area contributed by atoms with Crippen LogP contribution in [0.4, 0.5) is 5.69 Å². The zero-order valence-corrected chi connectivity index (χ0v) is 24.3. The molecule has 0 aliphatic heterocycles. The SMILES string of the molecule is CCc1c(C(=O)CCC2=C(OC)C=C(C)CC2=O)cc2c(cnn2C)c1N(CC)C1CCC(N(C)C)CC1. The van der Waals surface area contributed by atoms with Gasteiger partial charge < -0.3 is 14.5 Å². The van der Waals surface area contributed by atoms with Crippen molar-refractivity contribution in [3.8, 4) is 0 Å². The van der Waals surface area contributed by atoms with E-state index in [1.165, 1.54) is 18.5 Å². The lowest BCUT2D eigenvalue weighted by molar-refractivity contribution is -0.115. The van der Waals surface area contributed by atoms with Gasteiger partial charge in [0.25, 0.3) is 0 Å². The predicted molar refractivity (Wildman–Crippen MR) is 154 cm³/mol. The number of hydrogen-bond acceptors (Lipinski definition) is 6. The minimum absolute atomic E-state index is 0.0543. The van der Waals surface area contributed by atoms with E-state index in [0.717, 1.165) is 53.4 Å². The zero-order valence-electron chi connectivity index (χ0n) is 24.3. The van der Waals surface area contributed by atoms with Gasteiger partial charge in [0, 0.05) is 55.0 Å². The molecule has 7 heteroatoms. The Bertz CT molecular complexity index is 1260. The zero-order chi connectivity index (χ0) is 27.6. The number of anilines is 1. The average molecular weight is 521 g/mol. The Balaban J connectivity index is 1.70. The maximum absolute atomic E-state index is 13.8. The highest BCUT2D eigenvalue weighted by atomic mass is 16.5. The molecule has 0 atom stereocenters. The molecule has 1 aromatic carbocycles. The average Bonchev–Trinajstić information content (AvgIpc) is 3.28. The minimum atomic E-state index is 0.0543. The van der Waals surface area contributed by atoms with Crippen molar-refractivity contribution in [1.82, 2.24) is 14.7 Å². The number of ketones is 2. The van der Waals surface area contributed by atoms with Crippen LogP contribution in [0.3, 0.4) is 0 Å². The van der Waals surface area contributed by atoms with Gasteiger partial charge in [0.15, 0.2) is 11.6 Å². The van der Waals surface area contributed by atoms with Crippen LogP contribution in [0.2, 0.25) is 0 Å². The normalized spacial score (nSPS) is 20.3. The molecule has 0 spiro atoms. The second-order valence-corrected chi connectivity index (χ2v) is 11.1. The van der Waals surface area contributed by atoms with Gasteiger partial charge in [-0.3, -0.25) is 14.3 Å². The number of methoxy groups -OCH3 is 1. The standard InChI is InChI=1S/C31H44N4O3/c1-8-23-25(28(36)15-14-24-29(37)16-20(3)17-30(24)38-7)18-27-26(19-32-34(27)6)31(23)35(9-2)22-12-10-21(11-13-22)33(4)5/h17-19,21-22H,8-16H2,1-7H3. The monoisotopic (exact) mass is 520 g/mol. The molecular formula is C31H44N4O3. The molecule has 4 rings (SSSR count). The van der Waals surface area contributed by atoms with E-state index in [1.807, 2.05) is 37.0 Å². The quantitative estimate of drug-likeness (QED) is 0.379. The van der Waals surface area contributed by atoms with E-state index in [2.05, 4.69) is 42.8 Å². The van der Waals surface area contributed by atoms with Gasteiger partial charge in [0.05, 0.1) is 24.5 Å². The van der Waals surface area contributed by atoms with Crippen molar-refractivity contribution in [3.05, 3.63) is 46.4 Å². The number of benzene rings is 1. The fraction of sp³-hybridized carbons (Fsp3) is 0.581.